The Bertz CT molecular complexity index is 760. The van der Waals surface area contributed by atoms with Gasteiger partial charge in [-0.1, -0.05) is 30.3 Å². The van der Waals surface area contributed by atoms with Gasteiger partial charge in [0.25, 0.3) is 0 Å². The van der Waals surface area contributed by atoms with Crippen LogP contribution in [0.4, 0.5) is 0 Å². The first kappa shape index (κ1) is 18.6. The number of Topliss-reactive ketones (excluding diaryl/α,β-unsaturated/α-hetero) is 1. The van der Waals surface area contributed by atoms with Crippen LogP contribution < -0.4 is 39.0 Å². The summed E-state index contributed by atoms with van der Waals surface area (Å²) < 4.78 is 11.2. The van der Waals surface area contributed by atoms with Crippen LogP contribution in [0.2, 0.25) is 0 Å². The number of aliphatic hydroxyl groups excluding tert-OH is 1. The monoisotopic (exact) mass is 334 g/mol. The molecule has 2 aromatic carbocycles. The number of fused-ring (bicyclic) bond motifs is 1. The van der Waals surface area contributed by atoms with Crippen LogP contribution in [-0.4, -0.2) is 18.0 Å². The summed E-state index contributed by atoms with van der Waals surface area (Å²) in [5.41, 5.74) is 2.84. The molecule has 0 radical (unpaired) electrons. The number of benzene rings is 2. The topological polar surface area (TPSA) is 55.8 Å². The van der Waals surface area contributed by atoms with Gasteiger partial charge >= 0.3 is 29.6 Å². The zero-order valence-electron chi connectivity index (χ0n) is 14.9. The Labute approximate surface area is 164 Å². The molecule has 0 fully saturated rings. The molecule has 24 heavy (non-hydrogen) atoms. The summed E-state index contributed by atoms with van der Waals surface area (Å²) in [5, 5.41) is 9.24. The van der Waals surface area contributed by atoms with Crippen LogP contribution in [0.15, 0.2) is 54.3 Å². The molecule has 0 atom stereocenters. The van der Waals surface area contributed by atoms with Crippen molar-refractivity contribution in [3.05, 3.63) is 71.0 Å². The Morgan fingerprint density at radius 2 is 1.96 bits per heavy atom. The molecule has 1 aliphatic rings. The van der Waals surface area contributed by atoms with Crippen molar-refractivity contribution in [2.75, 3.05) is 7.11 Å². The maximum atomic E-state index is 12.5. The Morgan fingerprint density at radius 1 is 1.21 bits per heavy atom. The SMILES string of the molecule is COc1cc2c(c(OCc3ccccc3)c1)C(=O)/C(=C\O)CC2.[H-].[Na+]. The number of aryl methyl sites for hydroxylation is 1. The zero-order chi connectivity index (χ0) is 16.2. The number of carbonyl (C=O) groups excluding carboxylic acids is 1. The van der Waals surface area contributed by atoms with Crippen molar-refractivity contribution in [2.45, 2.75) is 19.4 Å². The first-order valence-corrected chi connectivity index (χ1v) is 7.48. The van der Waals surface area contributed by atoms with Crippen molar-refractivity contribution in [3.63, 3.8) is 0 Å². The van der Waals surface area contributed by atoms with E-state index >= 15 is 0 Å². The first-order valence-electron chi connectivity index (χ1n) is 7.48. The second kappa shape index (κ2) is 8.38. The maximum Gasteiger partial charge on any atom is 1.00 e. The van der Waals surface area contributed by atoms with Crippen molar-refractivity contribution in [2.24, 2.45) is 0 Å². The van der Waals surface area contributed by atoms with E-state index in [-0.39, 0.29) is 36.8 Å². The van der Waals surface area contributed by atoms with Crippen LogP contribution in [0.1, 0.15) is 29.3 Å². The van der Waals surface area contributed by atoms with Gasteiger partial charge in [0.1, 0.15) is 18.1 Å². The van der Waals surface area contributed by atoms with Gasteiger partial charge in [-0.2, -0.15) is 0 Å². The van der Waals surface area contributed by atoms with E-state index in [1.165, 1.54) is 0 Å². The molecule has 0 bridgehead atoms. The number of hydrogen-bond donors (Lipinski definition) is 1. The van der Waals surface area contributed by atoms with Crippen LogP contribution in [0, 0.1) is 0 Å². The molecule has 0 aliphatic heterocycles. The van der Waals surface area contributed by atoms with E-state index in [2.05, 4.69) is 0 Å². The third kappa shape index (κ3) is 3.83. The van der Waals surface area contributed by atoms with Gasteiger partial charge in [0.2, 0.25) is 0 Å². The van der Waals surface area contributed by atoms with E-state index in [1.807, 2.05) is 36.4 Å². The second-order valence-corrected chi connectivity index (χ2v) is 5.42. The number of allylic oxidation sites excluding steroid dienone is 1. The number of carbonyl (C=O) groups is 1. The fourth-order valence-corrected chi connectivity index (χ4v) is 2.73. The molecule has 4 nitrogen and oxygen atoms in total. The van der Waals surface area contributed by atoms with Crippen LogP contribution in [0.25, 0.3) is 0 Å². The van der Waals surface area contributed by atoms with Gasteiger partial charge in [-0.15, -0.1) is 0 Å². The molecule has 0 saturated heterocycles. The number of aliphatic hydroxyl groups is 1. The standard InChI is InChI=1S/C19H18O4.Na.H/c1-22-16-9-14-7-8-15(11-20)19(21)18(14)17(10-16)23-12-13-5-3-2-4-6-13;;/h2-6,9-11,20H,7-8,12H2,1H3;;/q;+1;-1/b15-11-;;. The zero-order valence-corrected chi connectivity index (χ0v) is 15.9. The van der Waals surface area contributed by atoms with Crippen LogP contribution in [0.3, 0.4) is 0 Å². The van der Waals surface area contributed by atoms with Gasteiger partial charge in [-0.3, -0.25) is 4.79 Å². The van der Waals surface area contributed by atoms with Crippen LogP contribution in [-0.2, 0) is 13.0 Å². The molecule has 0 saturated carbocycles. The fraction of sp³-hybridized carbons (Fsp3) is 0.211. The first-order chi connectivity index (χ1) is 11.2. The normalized spacial score (nSPS) is 14.7. The van der Waals surface area contributed by atoms with Crippen molar-refractivity contribution < 1.29 is 50.4 Å². The largest absolute Gasteiger partial charge is 1.00 e. The summed E-state index contributed by atoms with van der Waals surface area (Å²) in [6.45, 7) is 0.367. The number of methoxy groups -OCH3 is 1. The molecule has 2 aromatic rings. The predicted octanol–water partition coefficient (Wildman–Crippen LogP) is 0.961. The molecule has 0 aromatic heterocycles. The summed E-state index contributed by atoms with van der Waals surface area (Å²) in [5.74, 6) is 0.975. The van der Waals surface area contributed by atoms with Gasteiger partial charge in [0.05, 0.1) is 18.9 Å². The molecule has 1 aliphatic carbocycles. The van der Waals surface area contributed by atoms with Crippen LogP contribution in [0.5, 0.6) is 11.5 Å². The van der Waals surface area contributed by atoms with Crippen molar-refractivity contribution >= 4 is 5.78 Å². The summed E-state index contributed by atoms with van der Waals surface area (Å²) in [7, 11) is 1.59. The van der Waals surface area contributed by atoms with Crippen LogP contribution >= 0.6 is 0 Å². The quantitative estimate of drug-likeness (QED) is 0.514. The molecule has 0 heterocycles. The van der Waals surface area contributed by atoms with E-state index in [1.54, 1.807) is 13.2 Å². The van der Waals surface area contributed by atoms with Crippen molar-refractivity contribution in [1.29, 1.82) is 0 Å². The third-order valence-corrected chi connectivity index (χ3v) is 3.97. The molecule has 0 unspecified atom stereocenters. The van der Waals surface area contributed by atoms with Gasteiger partial charge in [-0.25, -0.2) is 0 Å². The summed E-state index contributed by atoms with van der Waals surface area (Å²) in [6.07, 6.45) is 2.09. The summed E-state index contributed by atoms with van der Waals surface area (Å²) in [6, 6.07) is 13.3. The molecule has 5 heteroatoms. The molecule has 0 spiro atoms. The van der Waals surface area contributed by atoms with Gasteiger partial charge in [0, 0.05) is 11.6 Å². The fourth-order valence-electron chi connectivity index (χ4n) is 2.73. The minimum atomic E-state index is -0.181. The minimum absolute atomic E-state index is 0. The molecule has 0 amide bonds. The molecule has 1 N–H and O–H groups in total. The Hall–Kier alpha value is -1.75. The number of hydrogen-bond acceptors (Lipinski definition) is 4. The summed E-state index contributed by atoms with van der Waals surface area (Å²) >= 11 is 0. The van der Waals surface area contributed by atoms with E-state index < -0.39 is 0 Å². The van der Waals surface area contributed by atoms with Crippen molar-refractivity contribution in [1.82, 2.24) is 0 Å². The number of rotatable bonds is 4. The smallest absolute Gasteiger partial charge is 1.00 e. The average molecular weight is 334 g/mol. The molecule has 120 valence electrons. The number of ketones is 1. The minimum Gasteiger partial charge on any atom is -1.00 e. The Morgan fingerprint density at radius 3 is 2.62 bits per heavy atom. The van der Waals surface area contributed by atoms with Gasteiger partial charge < -0.3 is 16.0 Å². The number of ether oxygens (including phenoxy) is 2. The molecular formula is C19H19NaO4. The van der Waals surface area contributed by atoms with E-state index in [4.69, 9.17) is 9.47 Å². The van der Waals surface area contributed by atoms with Crippen molar-refractivity contribution in [3.8, 4) is 11.5 Å². The van der Waals surface area contributed by atoms with E-state index in [9.17, 15) is 9.90 Å². The second-order valence-electron chi connectivity index (χ2n) is 5.42. The maximum absolute atomic E-state index is 12.5. The Kier molecular flexibility index (Phi) is 6.49. The predicted molar refractivity (Wildman–Crippen MR) is 88.2 cm³/mol. The van der Waals surface area contributed by atoms with Gasteiger partial charge in [-0.05, 0) is 30.0 Å². The van der Waals surface area contributed by atoms with Gasteiger partial charge in [0.15, 0.2) is 5.78 Å². The average Bonchev–Trinajstić information content (AvgIpc) is 2.60. The van der Waals surface area contributed by atoms with E-state index in [0.717, 1.165) is 17.4 Å². The molecular weight excluding hydrogens is 315 g/mol. The molecule has 3 rings (SSSR count). The summed E-state index contributed by atoms with van der Waals surface area (Å²) in [4.78, 5) is 12.5. The van der Waals surface area contributed by atoms with E-state index in [0.29, 0.717) is 42.1 Å². The third-order valence-electron chi connectivity index (χ3n) is 3.97. The Balaban J connectivity index is 0.00000156.